The summed E-state index contributed by atoms with van der Waals surface area (Å²) in [6.45, 7) is 18.4. The lowest BCUT2D eigenvalue weighted by molar-refractivity contribution is -0.309. The monoisotopic (exact) mass is 718 g/mol. The lowest BCUT2D eigenvalue weighted by Crippen LogP contribution is -2.59. The number of nitrogens with zero attached hydrogens (tertiary/aromatic N) is 2. The van der Waals surface area contributed by atoms with E-state index in [1.807, 2.05) is 65.6 Å². The van der Waals surface area contributed by atoms with Crippen LogP contribution in [0.1, 0.15) is 94.9 Å². The van der Waals surface area contributed by atoms with Crippen LogP contribution in [0.25, 0.3) is 0 Å². The number of likely N-dealkylation sites (N-methyl/N-ethyl adjacent to an activating group) is 2. The van der Waals surface area contributed by atoms with Crippen LogP contribution in [0.15, 0.2) is 0 Å². The molecular formula is C37H70N2O11. The topological polar surface area (TPSA) is 171 Å². The molecule has 13 heteroatoms. The van der Waals surface area contributed by atoms with Gasteiger partial charge in [0.05, 0.1) is 42.0 Å². The number of carbonyl (C=O) groups is 1. The van der Waals surface area contributed by atoms with Gasteiger partial charge in [-0.3, -0.25) is 4.79 Å². The van der Waals surface area contributed by atoms with Gasteiger partial charge in [0.25, 0.3) is 0 Å². The standard InChI is InChI=1S/C37H70N2O11/c1-14-27-37(10,45)32(42)24(7)39(13)18-19(2)17-36(9,44)33(50-35-30(41)26(38(11)12)16-21(4)46-35)22(5)31(23(6)34(43)48-27)49-28-15-20(3)29(40)25(8)47-28/h19-33,35,40-42,44-45H,14-18H2,1-13H3/t19-,20-,21-,22+,23-,24+,25+,26+,27+,28+,29-,30-,31-,32-,33-,35+,36+,37-/m1/s1. The maximum absolute atomic E-state index is 14.1. The Hall–Kier alpha value is -0.970. The van der Waals surface area contributed by atoms with Crippen molar-refractivity contribution in [3.05, 3.63) is 0 Å². The Kier molecular flexibility index (Phi) is 15.2. The normalized spacial score (nSPS) is 49.6. The Morgan fingerprint density at radius 3 is 2.12 bits per heavy atom. The Bertz CT molecular complexity index is 1070. The molecule has 3 heterocycles. The minimum Gasteiger partial charge on any atom is -0.459 e. The molecule has 13 nitrogen and oxygen atoms in total. The van der Waals surface area contributed by atoms with Gasteiger partial charge in [-0.15, -0.1) is 0 Å². The third kappa shape index (κ3) is 9.96. The Morgan fingerprint density at radius 2 is 1.56 bits per heavy atom. The zero-order chi connectivity index (χ0) is 38.0. The van der Waals surface area contributed by atoms with E-state index in [-0.39, 0.29) is 36.8 Å². The number of hydrogen-bond donors (Lipinski definition) is 5. The molecule has 3 aliphatic rings. The lowest BCUT2D eigenvalue weighted by atomic mass is 9.77. The van der Waals surface area contributed by atoms with Crippen molar-refractivity contribution in [2.24, 2.45) is 23.7 Å². The molecule has 5 N–H and O–H groups in total. The van der Waals surface area contributed by atoms with Crippen LogP contribution in [0.4, 0.5) is 0 Å². The van der Waals surface area contributed by atoms with Gasteiger partial charge in [0.15, 0.2) is 12.6 Å². The smallest absolute Gasteiger partial charge is 0.311 e. The van der Waals surface area contributed by atoms with Crippen molar-refractivity contribution < 1.29 is 54.0 Å². The first kappa shape index (κ1) is 43.4. The second kappa shape index (κ2) is 17.4. The van der Waals surface area contributed by atoms with E-state index < -0.39 is 90.4 Å². The maximum Gasteiger partial charge on any atom is 0.311 e. The summed E-state index contributed by atoms with van der Waals surface area (Å²) in [5.41, 5.74) is -3.30. The van der Waals surface area contributed by atoms with Crippen molar-refractivity contribution in [2.45, 2.75) is 180 Å². The second-order valence-electron chi connectivity index (χ2n) is 16.7. The van der Waals surface area contributed by atoms with Gasteiger partial charge in [-0.25, -0.2) is 0 Å². The average molecular weight is 719 g/mol. The fourth-order valence-electron chi connectivity index (χ4n) is 8.51. The van der Waals surface area contributed by atoms with Crippen LogP contribution in [-0.2, 0) is 28.5 Å². The fourth-order valence-corrected chi connectivity index (χ4v) is 8.51. The number of aliphatic hydroxyl groups is 5. The SMILES string of the molecule is CC[C@@H]1OC(=O)[C@H](C)[C@H](O[C@H]2C[C@@H](C)[C@@H](O)[C@H](C)O2)[C@H](C)[C@@H](O[C@@H]2O[C@H](C)C[C@H](N(C)C)[C@H]2O)[C@@](C)(O)C[C@@H](C)CN(C)[C@@H](C)[C@@H](O)[C@]1(C)O. The number of rotatable bonds is 6. The highest BCUT2D eigenvalue weighted by Gasteiger charge is 2.51. The molecule has 0 spiro atoms. The van der Waals surface area contributed by atoms with Gasteiger partial charge in [0.1, 0.15) is 23.9 Å². The molecule has 0 saturated carbocycles. The number of aliphatic hydroxyl groups excluding tert-OH is 3. The van der Waals surface area contributed by atoms with Crippen LogP contribution in [-0.4, -0.2) is 154 Å². The molecule has 294 valence electrons. The molecule has 0 aromatic rings. The molecule has 0 aromatic heterocycles. The van der Waals surface area contributed by atoms with Crippen LogP contribution in [0.5, 0.6) is 0 Å². The van der Waals surface area contributed by atoms with Crippen LogP contribution in [0.3, 0.4) is 0 Å². The molecule has 3 fully saturated rings. The largest absolute Gasteiger partial charge is 0.459 e. The maximum atomic E-state index is 14.1. The molecule has 3 aliphatic heterocycles. The summed E-state index contributed by atoms with van der Waals surface area (Å²) < 4.78 is 31.7. The zero-order valence-electron chi connectivity index (χ0n) is 32.9. The van der Waals surface area contributed by atoms with E-state index in [1.165, 1.54) is 6.92 Å². The molecule has 0 amide bonds. The predicted octanol–water partition coefficient (Wildman–Crippen LogP) is 2.13. The highest BCUT2D eigenvalue weighted by molar-refractivity contribution is 5.73. The third-order valence-corrected chi connectivity index (χ3v) is 11.7. The first-order chi connectivity index (χ1) is 23.0. The summed E-state index contributed by atoms with van der Waals surface area (Å²) in [7, 11) is 5.63. The molecule has 18 atom stereocenters. The fraction of sp³-hybridized carbons (Fsp3) is 0.973. The van der Waals surface area contributed by atoms with Crippen LogP contribution >= 0.6 is 0 Å². The summed E-state index contributed by atoms with van der Waals surface area (Å²) in [5, 5.41) is 57.6. The highest BCUT2D eigenvalue weighted by Crippen LogP contribution is 2.39. The molecule has 3 saturated heterocycles. The molecule has 0 radical (unpaired) electrons. The van der Waals surface area contributed by atoms with Crippen molar-refractivity contribution in [1.82, 2.24) is 9.80 Å². The first-order valence-electron chi connectivity index (χ1n) is 18.7. The molecule has 0 bridgehead atoms. The van der Waals surface area contributed by atoms with Crippen molar-refractivity contribution in [2.75, 3.05) is 27.7 Å². The zero-order valence-corrected chi connectivity index (χ0v) is 32.9. The van der Waals surface area contributed by atoms with Gasteiger partial charge in [-0.1, -0.05) is 27.7 Å². The predicted molar refractivity (Wildman–Crippen MR) is 188 cm³/mol. The minimum atomic E-state index is -1.78. The van der Waals surface area contributed by atoms with E-state index in [0.717, 1.165) is 0 Å². The summed E-state index contributed by atoms with van der Waals surface area (Å²) in [4.78, 5) is 18.0. The average Bonchev–Trinajstić information content (AvgIpc) is 3.02. The summed E-state index contributed by atoms with van der Waals surface area (Å²) in [6, 6.07) is -0.774. The van der Waals surface area contributed by atoms with Gasteiger partial charge in [-0.2, -0.15) is 0 Å². The number of hydrogen-bond acceptors (Lipinski definition) is 13. The van der Waals surface area contributed by atoms with E-state index >= 15 is 0 Å². The van der Waals surface area contributed by atoms with Crippen LogP contribution < -0.4 is 0 Å². The van der Waals surface area contributed by atoms with Crippen molar-refractivity contribution in [3.8, 4) is 0 Å². The van der Waals surface area contributed by atoms with Gasteiger partial charge in [0, 0.05) is 31.0 Å². The van der Waals surface area contributed by atoms with Gasteiger partial charge in [-0.05, 0) is 93.8 Å². The molecule has 50 heavy (non-hydrogen) atoms. The molecular weight excluding hydrogens is 648 g/mol. The van der Waals surface area contributed by atoms with Gasteiger partial charge < -0.3 is 59.0 Å². The van der Waals surface area contributed by atoms with Gasteiger partial charge >= 0.3 is 5.97 Å². The van der Waals surface area contributed by atoms with Crippen LogP contribution in [0.2, 0.25) is 0 Å². The van der Waals surface area contributed by atoms with Gasteiger partial charge in [0.2, 0.25) is 0 Å². The second-order valence-corrected chi connectivity index (χ2v) is 16.7. The number of esters is 1. The number of carbonyl (C=O) groups excluding carboxylic acids is 1. The lowest BCUT2D eigenvalue weighted by Gasteiger charge is -2.48. The molecule has 0 aliphatic carbocycles. The Labute approximate surface area is 300 Å². The van der Waals surface area contributed by atoms with E-state index in [9.17, 15) is 30.3 Å². The molecule has 0 aromatic carbocycles. The molecule has 0 unspecified atom stereocenters. The summed E-state index contributed by atoms with van der Waals surface area (Å²) in [6.07, 6.45) is -7.11. The minimum absolute atomic E-state index is 0.120. The van der Waals surface area contributed by atoms with Crippen molar-refractivity contribution >= 4 is 5.97 Å². The summed E-state index contributed by atoms with van der Waals surface area (Å²) in [5.74, 6) is -2.57. The Morgan fingerprint density at radius 1 is 0.940 bits per heavy atom. The number of cyclic esters (lactones) is 1. The first-order valence-corrected chi connectivity index (χ1v) is 18.7. The highest BCUT2D eigenvalue weighted by atomic mass is 16.7. The molecule has 3 rings (SSSR count). The van der Waals surface area contributed by atoms with Crippen molar-refractivity contribution in [1.29, 1.82) is 0 Å². The number of ether oxygens (including phenoxy) is 5. The van der Waals surface area contributed by atoms with E-state index in [1.54, 1.807) is 27.7 Å². The third-order valence-electron chi connectivity index (χ3n) is 11.7. The van der Waals surface area contributed by atoms with E-state index in [2.05, 4.69) is 0 Å². The van der Waals surface area contributed by atoms with Crippen molar-refractivity contribution in [3.63, 3.8) is 0 Å². The van der Waals surface area contributed by atoms with E-state index in [4.69, 9.17) is 23.7 Å². The van der Waals surface area contributed by atoms with E-state index in [0.29, 0.717) is 19.4 Å². The summed E-state index contributed by atoms with van der Waals surface area (Å²) >= 11 is 0. The quantitative estimate of drug-likeness (QED) is 0.254. The van der Waals surface area contributed by atoms with Crippen LogP contribution in [0, 0.1) is 23.7 Å². The Balaban J connectivity index is 2.14.